The maximum atomic E-state index is 5.64. The Kier molecular flexibility index (Phi) is 4.32. The van der Waals surface area contributed by atoms with Gasteiger partial charge in [0, 0.05) is 11.3 Å². The fourth-order valence-electron chi connectivity index (χ4n) is 0.760. The highest BCUT2D eigenvalue weighted by Gasteiger charge is 2.14. The van der Waals surface area contributed by atoms with E-state index in [1.165, 1.54) is 0 Å². The third-order valence-corrected chi connectivity index (χ3v) is 2.74. The molecule has 56 valence electrons. The molecule has 0 heterocycles. The van der Waals surface area contributed by atoms with E-state index in [-0.39, 0.29) is 6.04 Å². The van der Waals surface area contributed by atoms with E-state index in [2.05, 4.69) is 26.5 Å². The molecule has 0 fully saturated rings. The van der Waals surface area contributed by atoms with Crippen LogP contribution in [0.1, 0.15) is 27.2 Å². The quantitative estimate of drug-likeness (QED) is 0.584. The molecule has 9 heavy (non-hydrogen) atoms. The summed E-state index contributed by atoms with van der Waals surface area (Å²) in [6.45, 7) is 6.35. The van der Waals surface area contributed by atoms with Gasteiger partial charge < -0.3 is 5.73 Å². The average molecular weight is 147 g/mol. The molecule has 0 aliphatic heterocycles. The summed E-state index contributed by atoms with van der Waals surface area (Å²) < 4.78 is 0. The molecule has 0 rings (SSSR count). The number of hydrogen-bond donors (Lipinski definition) is 2. The zero-order chi connectivity index (χ0) is 7.44. The predicted molar refractivity (Wildman–Crippen MR) is 45.9 cm³/mol. The van der Waals surface area contributed by atoms with Gasteiger partial charge in [-0.15, -0.1) is 0 Å². The smallest absolute Gasteiger partial charge is 0.0191 e. The molecule has 0 aromatic carbocycles. The SMILES string of the molecule is CCC(C)C(S)C(C)N. The first-order valence-corrected chi connectivity index (χ1v) is 4.04. The maximum Gasteiger partial charge on any atom is 0.0191 e. The Bertz CT molecular complexity index is 73.3. The summed E-state index contributed by atoms with van der Waals surface area (Å²) in [6, 6.07) is 0.211. The topological polar surface area (TPSA) is 26.0 Å². The Morgan fingerprint density at radius 3 is 2.00 bits per heavy atom. The molecule has 0 spiro atoms. The van der Waals surface area contributed by atoms with E-state index in [0.717, 1.165) is 6.42 Å². The number of nitrogens with two attached hydrogens (primary N) is 1. The van der Waals surface area contributed by atoms with Gasteiger partial charge in [0.2, 0.25) is 0 Å². The standard InChI is InChI=1S/C7H17NS/c1-4-5(2)7(9)6(3)8/h5-7,9H,4,8H2,1-3H3. The minimum atomic E-state index is 0.211. The highest BCUT2D eigenvalue weighted by molar-refractivity contribution is 7.81. The lowest BCUT2D eigenvalue weighted by atomic mass is 10.0. The molecular formula is C7H17NS. The normalized spacial score (nSPS) is 21.0. The van der Waals surface area contributed by atoms with Crippen LogP contribution >= 0.6 is 12.6 Å². The first-order valence-electron chi connectivity index (χ1n) is 3.53. The van der Waals surface area contributed by atoms with Crippen LogP contribution < -0.4 is 5.73 Å². The lowest BCUT2D eigenvalue weighted by Crippen LogP contribution is -2.32. The van der Waals surface area contributed by atoms with Crippen molar-refractivity contribution in [2.24, 2.45) is 11.7 Å². The second kappa shape index (κ2) is 4.18. The molecule has 2 N–H and O–H groups in total. The first-order chi connectivity index (χ1) is 4.09. The minimum Gasteiger partial charge on any atom is -0.327 e. The van der Waals surface area contributed by atoms with Crippen LogP contribution in [-0.2, 0) is 0 Å². The zero-order valence-electron chi connectivity index (χ0n) is 6.46. The van der Waals surface area contributed by atoms with Crippen LogP contribution in [0.5, 0.6) is 0 Å². The molecule has 2 heteroatoms. The Morgan fingerprint density at radius 1 is 1.44 bits per heavy atom. The molecule has 0 aliphatic rings. The fourth-order valence-corrected chi connectivity index (χ4v) is 0.971. The monoisotopic (exact) mass is 147 g/mol. The van der Waals surface area contributed by atoms with Gasteiger partial charge in [-0.25, -0.2) is 0 Å². The Labute approximate surface area is 63.4 Å². The highest BCUT2D eigenvalue weighted by Crippen LogP contribution is 2.15. The van der Waals surface area contributed by atoms with Crippen molar-refractivity contribution in [3.05, 3.63) is 0 Å². The minimum absolute atomic E-state index is 0.211. The van der Waals surface area contributed by atoms with Gasteiger partial charge in [0.15, 0.2) is 0 Å². The predicted octanol–water partition coefficient (Wildman–Crippen LogP) is 1.68. The van der Waals surface area contributed by atoms with Gasteiger partial charge in [-0.05, 0) is 12.8 Å². The lowest BCUT2D eigenvalue weighted by molar-refractivity contribution is 0.487. The summed E-state index contributed by atoms with van der Waals surface area (Å²) in [6.07, 6.45) is 1.16. The molecule has 0 aliphatic carbocycles. The zero-order valence-corrected chi connectivity index (χ0v) is 7.36. The molecule has 1 nitrogen and oxygen atoms in total. The van der Waals surface area contributed by atoms with Crippen molar-refractivity contribution in [1.29, 1.82) is 0 Å². The van der Waals surface area contributed by atoms with Crippen LogP contribution in [0, 0.1) is 5.92 Å². The second-order valence-corrected chi connectivity index (χ2v) is 3.33. The second-order valence-electron chi connectivity index (χ2n) is 2.74. The summed E-state index contributed by atoms with van der Waals surface area (Å²) >= 11 is 4.37. The third kappa shape index (κ3) is 3.11. The molecule has 0 radical (unpaired) electrons. The van der Waals surface area contributed by atoms with Gasteiger partial charge in [0.1, 0.15) is 0 Å². The molecular weight excluding hydrogens is 130 g/mol. The van der Waals surface area contributed by atoms with Crippen molar-refractivity contribution < 1.29 is 0 Å². The average Bonchev–Trinajstić information content (AvgIpc) is 1.84. The lowest BCUT2D eigenvalue weighted by Gasteiger charge is -2.20. The van der Waals surface area contributed by atoms with E-state index < -0.39 is 0 Å². The van der Waals surface area contributed by atoms with E-state index in [1.54, 1.807) is 0 Å². The summed E-state index contributed by atoms with van der Waals surface area (Å²) in [4.78, 5) is 0. The van der Waals surface area contributed by atoms with E-state index in [9.17, 15) is 0 Å². The molecule has 0 saturated heterocycles. The van der Waals surface area contributed by atoms with Crippen LogP contribution in [0.25, 0.3) is 0 Å². The molecule has 0 aromatic rings. The van der Waals surface area contributed by atoms with Crippen molar-refractivity contribution in [1.82, 2.24) is 0 Å². The molecule has 3 unspecified atom stereocenters. The maximum absolute atomic E-state index is 5.64. The first kappa shape index (κ1) is 9.31. The van der Waals surface area contributed by atoms with Gasteiger partial charge in [0.25, 0.3) is 0 Å². The van der Waals surface area contributed by atoms with E-state index >= 15 is 0 Å². The Balaban J connectivity index is 3.58. The van der Waals surface area contributed by atoms with Crippen molar-refractivity contribution in [2.45, 2.75) is 38.5 Å². The molecule has 0 amide bonds. The fraction of sp³-hybridized carbons (Fsp3) is 1.00. The van der Waals surface area contributed by atoms with Crippen LogP contribution in [0.2, 0.25) is 0 Å². The Morgan fingerprint density at radius 2 is 1.89 bits per heavy atom. The summed E-state index contributed by atoms with van der Waals surface area (Å²) in [5, 5.41) is 0.356. The molecule has 0 aromatic heterocycles. The third-order valence-electron chi connectivity index (χ3n) is 1.77. The van der Waals surface area contributed by atoms with Crippen LogP contribution in [0.4, 0.5) is 0 Å². The van der Waals surface area contributed by atoms with Gasteiger partial charge in [-0.2, -0.15) is 12.6 Å². The van der Waals surface area contributed by atoms with Gasteiger partial charge in [-0.1, -0.05) is 20.3 Å². The van der Waals surface area contributed by atoms with Crippen LogP contribution in [0.3, 0.4) is 0 Å². The number of rotatable bonds is 3. The number of thiol groups is 1. The summed E-state index contributed by atoms with van der Waals surface area (Å²) in [5.74, 6) is 0.633. The van der Waals surface area contributed by atoms with Crippen molar-refractivity contribution in [2.75, 3.05) is 0 Å². The summed E-state index contributed by atoms with van der Waals surface area (Å²) in [7, 11) is 0. The van der Waals surface area contributed by atoms with Crippen molar-refractivity contribution in [3.63, 3.8) is 0 Å². The van der Waals surface area contributed by atoms with Crippen molar-refractivity contribution in [3.8, 4) is 0 Å². The van der Waals surface area contributed by atoms with Crippen molar-refractivity contribution >= 4 is 12.6 Å². The number of hydrogen-bond acceptors (Lipinski definition) is 2. The summed E-state index contributed by atoms with van der Waals surface area (Å²) in [5.41, 5.74) is 5.64. The molecule has 0 saturated carbocycles. The van der Waals surface area contributed by atoms with Crippen LogP contribution in [0.15, 0.2) is 0 Å². The highest BCUT2D eigenvalue weighted by atomic mass is 32.1. The Hall–Kier alpha value is 0.310. The van der Waals surface area contributed by atoms with Gasteiger partial charge in [0.05, 0.1) is 0 Å². The van der Waals surface area contributed by atoms with Gasteiger partial charge in [-0.3, -0.25) is 0 Å². The molecule has 0 bridgehead atoms. The van der Waals surface area contributed by atoms with E-state index in [1.807, 2.05) is 6.92 Å². The largest absolute Gasteiger partial charge is 0.327 e. The van der Waals surface area contributed by atoms with E-state index in [4.69, 9.17) is 5.73 Å². The van der Waals surface area contributed by atoms with Gasteiger partial charge >= 0.3 is 0 Å². The van der Waals surface area contributed by atoms with E-state index in [0.29, 0.717) is 11.2 Å². The van der Waals surface area contributed by atoms with Crippen LogP contribution in [-0.4, -0.2) is 11.3 Å². The molecule has 3 atom stereocenters.